The number of nitrogens with one attached hydrogen (secondary N) is 1. The van der Waals surface area contributed by atoms with Crippen molar-refractivity contribution < 1.29 is 17.9 Å². The summed E-state index contributed by atoms with van der Waals surface area (Å²) in [6.45, 7) is 3.39. The molecule has 1 N–H and O–H groups in total. The van der Waals surface area contributed by atoms with E-state index < -0.39 is 12.8 Å². The molecule has 1 fully saturated rings. The van der Waals surface area contributed by atoms with Crippen LogP contribution in [0.15, 0.2) is 29.3 Å². The smallest absolute Gasteiger partial charge is 0.422 e. The van der Waals surface area contributed by atoms with E-state index >= 15 is 0 Å². The van der Waals surface area contributed by atoms with Gasteiger partial charge in [0, 0.05) is 26.7 Å². The molecule has 0 aliphatic carbocycles. The van der Waals surface area contributed by atoms with Crippen LogP contribution < -0.4 is 10.1 Å². The van der Waals surface area contributed by atoms with Crippen molar-refractivity contribution in [1.29, 1.82) is 0 Å². The van der Waals surface area contributed by atoms with Gasteiger partial charge in [-0.05, 0) is 36.5 Å². The number of alkyl halides is 3. The van der Waals surface area contributed by atoms with Gasteiger partial charge in [-0.2, -0.15) is 13.2 Å². The highest BCUT2D eigenvalue weighted by Gasteiger charge is 2.28. The second-order valence-electron chi connectivity index (χ2n) is 6.12. The number of rotatable bonds is 4. The number of piperidine rings is 1. The van der Waals surface area contributed by atoms with E-state index in [4.69, 9.17) is 4.74 Å². The summed E-state index contributed by atoms with van der Waals surface area (Å²) in [5.74, 6) is 1.78. The van der Waals surface area contributed by atoms with Crippen LogP contribution in [0, 0.1) is 5.92 Å². The summed E-state index contributed by atoms with van der Waals surface area (Å²) in [6, 6.07) is 6.67. The van der Waals surface area contributed by atoms with Gasteiger partial charge >= 0.3 is 6.18 Å². The molecule has 4 nitrogen and oxygen atoms in total. The van der Waals surface area contributed by atoms with Gasteiger partial charge < -0.3 is 15.0 Å². The third kappa shape index (κ3) is 7.70. The van der Waals surface area contributed by atoms with E-state index in [1.54, 1.807) is 19.2 Å². The van der Waals surface area contributed by atoms with Crippen molar-refractivity contribution in [2.75, 3.05) is 26.7 Å². The molecule has 0 spiro atoms. The molecule has 0 aromatic heterocycles. The van der Waals surface area contributed by atoms with Crippen molar-refractivity contribution in [3.8, 4) is 5.75 Å². The molecule has 8 heteroatoms. The lowest BCUT2D eigenvalue weighted by Crippen LogP contribution is -2.45. The predicted octanol–water partition coefficient (Wildman–Crippen LogP) is 4.05. The van der Waals surface area contributed by atoms with Gasteiger partial charge in [-0.1, -0.05) is 19.1 Å². The number of likely N-dealkylation sites (tertiary alicyclic amines) is 1. The Morgan fingerprint density at radius 1 is 1.32 bits per heavy atom. The number of benzene rings is 1. The van der Waals surface area contributed by atoms with E-state index in [-0.39, 0.29) is 29.7 Å². The molecule has 1 saturated heterocycles. The highest BCUT2D eigenvalue weighted by Crippen LogP contribution is 2.20. The van der Waals surface area contributed by atoms with Crippen LogP contribution >= 0.6 is 24.0 Å². The Balaban J connectivity index is 0.00000312. The van der Waals surface area contributed by atoms with Crippen molar-refractivity contribution in [1.82, 2.24) is 10.2 Å². The molecule has 1 aliphatic heterocycles. The fourth-order valence-electron chi connectivity index (χ4n) is 2.64. The largest absolute Gasteiger partial charge is 0.484 e. The molecule has 1 aromatic rings. The zero-order chi connectivity index (χ0) is 17.6. The Hall–Kier alpha value is -1.19. The highest BCUT2D eigenvalue weighted by atomic mass is 127. The Kier molecular flexibility index (Phi) is 8.81. The summed E-state index contributed by atoms with van der Waals surface area (Å²) >= 11 is 0. The van der Waals surface area contributed by atoms with Gasteiger partial charge in [0.25, 0.3) is 0 Å². The topological polar surface area (TPSA) is 36.9 Å². The van der Waals surface area contributed by atoms with Crippen LogP contribution in [0.4, 0.5) is 13.2 Å². The van der Waals surface area contributed by atoms with Gasteiger partial charge in [-0.15, -0.1) is 24.0 Å². The summed E-state index contributed by atoms with van der Waals surface area (Å²) in [4.78, 5) is 6.51. The standard InChI is InChI=1S/C17H24F3N3O.HI/c1-13-6-8-23(9-7-13)16(21-2)22-11-14-4-3-5-15(10-14)24-12-17(18,19)20;/h3-5,10,13H,6-9,11-12H2,1-2H3,(H,21,22);1H. The summed E-state index contributed by atoms with van der Waals surface area (Å²) in [7, 11) is 1.74. The lowest BCUT2D eigenvalue weighted by molar-refractivity contribution is -0.153. The number of aliphatic imine (C=N–C) groups is 1. The predicted molar refractivity (Wildman–Crippen MR) is 104 cm³/mol. The summed E-state index contributed by atoms with van der Waals surface area (Å²) in [5.41, 5.74) is 0.848. The van der Waals surface area contributed by atoms with E-state index in [0.717, 1.165) is 43.4 Å². The van der Waals surface area contributed by atoms with E-state index in [1.807, 2.05) is 6.07 Å². The molecule has 0 atom stereocenters. The lowest BCUT2D eigenvalue weighted by Gasteiger charge is -2.32. The van der Waals surface area contributed by atoms with E-state index in [2.05, 4.69) is 22.1 Å². The quantitative estimate of drug-likeness (QED) is 0.409. The Morgan fingerprint density at radius 3 is 2.60 bits per heavy atom. The monoisotopic (exact) mass is 471 g/mol. The summed E-state index contributed by atoms with van der Waals surface area (Å²) in [6.07, 6.45) is -2.05. The molecule has 2 rings (SSSR count). The van der Waals surface area contributed by atoms with E-state index in [0.29, 0.717) is 6.54 Å². The number of hydrogen-bond acceptors (Lipinski definition) is 2. The van der Waals surface area contributed by atoms with Gasteiger partial charge in [0.05, 0.1) is 0 Å². The van der Waals surface area contributed by atoms with Crippen LogP contribution in [0.1, 0.15) is 25.3 Å². The minimum Gasteiger partial charge on any atom is -0.484 e. The number of guanidine groups is 1. The Bertz CT molecular complexity index is 558. The fraction of sp³-hybridized carbons (Fsp3) is 0.588. The summed E-state index contributed by atoms with van der Waals surface area (Å²) in [5, 5.41) is 3.27. The van der Waals surface area contributed by atoms with Gasteiger partial charge in [-0.3, -0.25) is 4.99 Å². The van der Waals surface area contributed by atoms with Gasteiger partial charge in [0.15, 0.2) is 12.6 Å². The third-order valence-electron chi connectivity index (χ3n) is 4.05. The molecular formula is C17H25F3IN3O. The van der Waals surface area contributed by atoms with Crippen LogP contribution in [-0.4, -0.2) is 43.8 Å². The Morgan fingerprint density at radius 2 is 2.00 bits per heavy atom. The molecule has 0 bridgehead atoms. The van der Waals surface area contributed by atoms with Crippen molar-refractivity contribution >= 4 is 29.9 Å². The molecule has 1 aromatic carbocycles. The van der Waals surface area contributed by atoms with Crippen molar-refractivity contribution in [3.63, 3.8) is 0 Å². The van der Waals surface area contributed by atoms with Crippen LogP contribution in [0.3, 0.4) is 0 Å². The maximum Gasteiger partial charge on any atom is 0.422 e. The molecule has 1 heterocycles. The second kappa shape index (κ2) is 10.1. The first kappa shape index (κ1) is 21.9. The normalized spacial score (nSPS) is 16.4. The number of ether oxygens (including phenoxy) is 1. The van der Waals surface area contributed by atoms with Crippen LogP contribution in [0.2, 0.25) is 0 Å². The minimum absolute atomic E-state index is 0. The average Bonchev–Trinajstić information content (AvgIpc) is 2.55. The fourth-order valence-corrected chi connectivity index (χ4v) is 2.64. The number of halogens is 4. The van der Waals surface area contributed by atoms with Gasteiger partial charge in [0.2, 0.25) is 0 Å². The molecule has 0 saturated carbocycles. The SMILES string of the molecule is CN=C(NCc1cccc(OCC(F)(F)F)c1)N1CCC(C)CC1.I. The molecule has 1 aliphatic rings. The van der Waals surface area contributed by atoms with Crippen molar-refractivity contribution in [2.45, 2.75) is 32.5 Å². The number of nitrogens with zero attached hydrogens (tertiary/aromatic N) is 2. The van der Waals surface area contributed by atoms with Gasteiger partial charge in [-0.25, -0.2) is 0 Å². The first-order valence-corrected chi connectivity index (χ1v) is 8.11. The molecule has 25 heavy (non-hydrogen) atoms. The first-order valence-electron chi connectivity index (χ1n) is 8.11. The minimum atomic E-state index is -4.33. The molecular weight excluding hydrogens is 446 g/mol. The lowest BCUT2D eigenvalue weighted by atomic mass is 10.00. The van der Waals surface area contributed by atoms with Crippen LogP contribution in [0.5, 0.6) is 5.75 Å². The van der Waals surface area contributed by atoms with Crippen LogP contribution in [-0.2, 0) is 6.54 Å². The third-order valence-corrected chi connectivity index (χ3v) is 4.05. The van der Waals surface area contributed by atoms with Gasteiger partial charge in [0.1, 0.15) is 5.75 Å². The van der Waals surface area contributed by atoms with E-state index in [9.17, 15) is 13.2 Å². The zero-order valence-electron chi connectivity index (χ0n) is 14.5. The summed E-state index contributed by atoms with van der Waals surface area (Å²) < 4.78 is 41.4. The second-order valence-corrected chi connectivity index (χ2v) is 6.12. The van der Waals surface area contributed by atoms with E-state index in [1.165, 1.54) is 6.07 Å². The molecule has 0 unspecified atom stereocenters. The Labute approximate surface area is 163 Å². The highest BCUT2D eigenvalue weighted by molar-refractivity contribution is 14.0. The first-order chi connectivity index (χ1) is 11.4. The van der Waals surface area contributed by atoms with Crippen molar-refractivity contribution in [2.24, 2.45) is 10.9 Å². The maximum atomic E-state index is 12.2. The maximum absolute atomic E-state index is 12.2. The molecule has 142 valence electrons. The average molecular weight is 471 g/mol. The van der Waals surface area contributed by atoms with Crippen LogP contribution in [0.25, 0.3) is 0 Å². The molecule has 0 amide bonds. The zero-order valence-corrected chi connectivity index (χ0v) is 16.8. The van der Waals surface area contributed by atoms with Crippen molar-refractivity contribution in [3.05, 3.63) is 29.8 Å². The molecule has 0 radical (unpaired) electrons. The number of hydrogen-bond donors (Lipinski definition) is 1.